The van der Waals surface area contributed by atoms with Crippen LogP contribution in [0.3, 0.4) is 0 Å². The van der Waals surface area contributed by atoms with E-state index in [1.807, 2.05) is 43.3 Å². The van der Waals surface area contributed by atoms with E-state index in [0.29, 0.717) is 55.6 Å². The van der Waals surface area contributed by atoms with Crippen LogP contribution < -0.4 is 29.1 Å². The van der Waals surface area contributed by atoms with Gasteiger partial charge in [-0.05, 0) is 89.4 Å². The summed E-state index contributed by atoms with van der Waals surface area (Å²) in [6, 6.07) is 17.8. The number of benzene rings is 3. The molecule has 4 aromatic rings. The van der Waals surface area contributed by atoms with Gasteiger partial charge in [0.2, 0.25) is 0 Å². The molecule has 0 N–H and O–H groups in total. The summed E-state index contributed by atoms with van der Waals surface area (Å²) in [6.45, 7) is 4.33. The van der Waals surface area contributed by atoms with Crippen LogP contribution in [0.1, 0.15) is 42.1 Å². The first-order valence-corrected chi connectivity index (χ1v) is 17.8. The molecule has 0 fully saturated rings. The Morgan fingerprint density at radius 2 is 1.88 bits per heavy atom. The van der Waals surface area contributed by atoms with Crippen molar-refractivity contribution < 1.29 is 28.5 Å². The molecular formula is C35H31I2N3O7S. The molecule has 0 aliphatic carbocycles. The summed E-state index contributed by atoms with van der Waals surface area (Å²) in [6.07, 6.45) is 1.78. The topological polar surface area (TPSA) is 121 Å². The number of fused-ring (bicyclic) bond motifs is 1. The predicted octanol–water partition coefficient (Wildman–Crippen LogP) is 5.49. The number of methoxy groups -OCH3 is 2. The second-order valence-electron chi connectivity index (χ2n) is 10.4. The highest BCUT2D eigenvalue weighted by Gasteiger charge is 2.36. The molecule has 0 bridgehead atoms. The number of carbonyl (C=O) groups excluding carboxylic acids is 1. The quantitative estimate of drug-likeness (QED) is 0.104. The minimum atomic E-state index is -0.913. The number of carbonyl (C=O) groups is 1. The number of aromatic nitrogens is 1. The number of allylic oxidation sites excluding steroid dienone is 1. The Labute approximate surface area is 308 Å². The van der Waals surface area contributed by atoms with E-state index in [1.165, 1.54) is 30.1 Å². The number of para-hydroxylation sites is 1. The van der Waals surface area contributed by atoms with Crippen molar-refractivity contribution in [2.24, 2.45) is 4.99 Å². The van der Waals surface area contributed by atoms with Crippen molar-refractivity contribution >= 4 is 68.6 Å². The Kier molecular flexibility index (Phi) is 11.9. The highest BCUT2D eigenvalue weighted by molar-refractivity contribution is 14.1. The maximum absolute atomic E-state index is 14.4. The van der Waals surface area contributed by atoms with Crippen LogP contribution in [0.2, 0.25) is 0 Å². The number of hydrogen-bond donors (Lipinski definition) is 0. The molecule has 48 heavy (non-hydrogen) atoms. The molecule has 1 atom stereocenters. The van der Waals surface area contributed by atoms with Gasteiger partial charge in [0.25, 0.3) is 5.56 Å². The second kappa shape index (κ2) is 16.1. The molecule has 3 aromatic carbocycles. The number of nitriles is 1. The van der Waals surface area contributed by atoms with Crippen molar-refractivity contribution in [3.63, 3.8) is 0 Å². The number of nitrogens with zero attached hydrogens (tertiary/aromatic N) is 3. The van der Waals surface area contributed by atoms with Crippen LogP contribution in [0, 0.1) is 18.5 Å². The molecule has 2 heterocycles. The summed E-state index contributed by atoms with van der Waals surface area (Å²) < 4.78 is 32.3. The first kappa shape index (κ1) is 35.6. The molecule has 10 nitrogen and oxygen atoms in total. The summed E-state index contributed by atoms with van der Waals surface area (Å²) in [5.41, 5.74) is 2.81. The molecule has 5 rings (SSSR count). The van der Waals surface area contributed by atoms with Crippen LogP contribution in [0.25, 0.3) is 6.08 Å². The van der Waals surface area contributed by atoms with Gasteiger partial charge >= 0.3 is 5.97 Å². The van der Waals surface area contributed by atoms with Gasteiger partial charge in [-0.25, -0.2) is 9.79 Å². The lowest BCUT2D eigenvalue weighted by Gasteiger charge is -2.27. The zero-order valence-electron chi connectivity index (χ0n) is 26.5. The van der Waals surface area contributed by atoms with Gasteiger partial charge in [0, 0.05) is 27.4 Å². The first-order valence-electron chi connectivity index (χ1n) is 14.8. The van der Waals surface area contributed by atoms with Crippen molar-refractivity contribution in [1.82, 2.24) is 4.57 Å². The summed E-state index contributed by atoms with van der Waals surface area (Å²) >= 11 is 5.65. The van der Waals surface area contributed by atoms with Crippen molar-refractivity contribution in [2.45, 2.75) is 26.5 Å². The van der Waals surface area contributed by atoms with Crippen molar-refractivity contribution in [2.75, 3.05) is 34.0 Å². The minimum Gasteiger partial charge on any atom is -0.493 e. The highest BCUT2D eigenvalue weighted by Crippen LogP contribution is 2.41. The van der Waals surface area contributed by atoms with Crippen LogP contribution in [0.4, 0.5) is 0 Å². The largest absolute Gasteiger partial charge is 0.493 e. The second-order valence-corrected chi connectivity index (χ2v) is 13.8. The molecule has 0 saturated heterocycles. The number of esters is 1. The summed E-state index contributed by atoms with van der Waals surface area (Å²) in [5.74, 6) is 0.848. The molecule has 13 heteroatoms. The highest BCUT2D eigenvalue weighted by atomic mass is 127. The van der Waals surface area contributed by atoms with E-state index in [0.717, 1.165) is 12.7 Å². The van der Waals surface area contributed by atoms with E-state index < -0.39 is 12.0 Å². The smallest absolute Gasteiger partial charge is 0.338 e. The Morgan fingerprint density at radius 3 is 2.60 bits per heavy atom. The predicted molar refractivity (Wildman–Crippen MR) is 198 cm³/mol. The fourth-order valence-electron chi connectivity index (χ4n) is 5.27. The Bertz CT molecular complexity index is 2120. The van der Waals surface area contributed by atoms with Gasteiger partial charge in [-0.2, -0.15) is 5.26 Å². The zero-order chi connectivity index (χ0) is 34.4. The number of ether oxygens (including phenoxy) is 5. The maximum atomic E-state index is 14.4. The average molecular weight is 892 g/mol. The monoisotopic (exact) mass is 891 g/mol. The van der Waals surface area contributed by atoms with Crippen molar-refractivity contribution in [3.05, 3.63) is 115 Å². The fraction of sp³-hybridized carbons (Fsp3) is 0.257. The third-order valence-electron chi connectivity index (χ3n) is 7.41. The number of halogens is 2. The lowest BCUT2D eigenvalue weighted by molar-refractivity contribution is -0.140. The van der Waals surface area contributed by atoms with E-state index >= 15 is 0 Å². The standard InChI is InChI=1S/C35H31I2N3O7S/c1-5-45-32-25(11-8-12-27(32)44-4)30-29(34(42)46-14-13-43-3)20(2)39-35-40(30)33(41)28(48-35)16-23-15-24(36)17-26(37)31(23)47-19-22-10-7-6-9-21(22)18-38/h6-12,15-17,30H,5,13-14,19H2,1-4H3/b28-16+/t30-/m1/s1. The van der Waals surface area contributed by atoms with Gasteiger partial charge < -0.3 is 23.7 Å². The fourth-order valence-corrected chi connectivity index (χ4v) is 8.35. The van der Waals surface area contributed by atoms with Gasteiger partial charge in [0.1, 0.15) is 25.0 Å². The number of rotatable bonds is 12. The van der Waals surface area contributed by atoms with E-state index in [2.05, 4.69) is 51.3 Å². The Balaban J connectivity index is 1.68. The molecule has 0 saturated carbocycles. The molecule has 1 aliphatic rings. The van der Waals surface area contributed by atoms with Crippen LogP contribution in [0.5, 0.6) is 17.2 Å². The van der Waals surface area contributed by atoms with Crippen LogP contribution in [-0.4, -0.2) is 44.6 Å². The van der Waals surface area contributed by atoms with Crippen LogP contribution in [0.15, 0.2) is 75.7 Å². The van der Waals surface area contributed by atoms with Crippen LogP contribution in [-0.2, 0) is 20.9 Å². The Morgan fingerprint density at radius 1 is 1.08 bits per heavy atom. The third kappa shape index (κ3) is 7.46. The maximum Gasteiger partial charge on any atom is 0.338 e. The average Bonchev–Trinajstić information content (AvgIpc) is 3.37. The summed E-state index contributed by atoms with van der Waals surface area (Å²) in [5, 5.41) is 9.56. The third-order valence-corrected chi connectivity index (χ3v) is 9.82. The molecule has 0 amide bonds. The lowest BCUT2D eigenvalue weighted by Crippen LogP contribution is -2.40. The SMILES string of the molecule is CCOc1c(OC)cccc1[C@@H]1C(C(=O)OCCOC)=C(C)N=c2s/c(=C/c3cc(I)cc(I)c3OCc3ccccc3C#N)c(=O)n21. The molecule has 0 unspecified atom stereocenters. The van der Waals surface area contributed by atoms with Crippen molar-refractivity contribution in [3.8, 4) is 23.3 Å². The van der Waals surface area contributed by atoms with Gasteiger partial charge in [0.05, 0.1) is 51.3 Å². The molecule has 1 aromatic heterocycles. The summed E-state index contributed by atoms with van der Waals surface area (Å²) in [7, 11) is 3.06. The zero-order valence-corrected chi connectivity index (χ0v) is 31.7. The van der Waals surface area contributed by atoms with E-state index in [1.54, 1.807) is 31.2 Å². The number of hydrogen-bond acceptors (Lipinski definition) is 10. The van der Waals surface area contributed by atoms with E-state index in [4.69, 9.17) is 28.7 Å². The van der Waals surface area contributed by atoms with E-state index in [-0.39, 0.29) is 31.0 Å². The molecule has 0 radical (unpaired) electrons. The van der Waals surface area contributed by atoms with Gasteiger partial charge in [0.15, 0.2) is 16.3 Å². The van der Waals surface area contributed by atoms with E-state index in [9.17, 15) is 14.9 Å². The number of thiazole rings is 1. The molecule has 1 aliphatic heterocycles. The first-order chi connectivity index (χ1) is 23.2. The van der Waals surface area contributed by atoms with Gasteiger partial charge in [-0.15, -0.1) is 0 Å². The van der Waals surface area contributed by atoms with Gasteiger partial charge in [-0.1, -0.05) is 41.7 Å². The van der Waals surface area contributed by atoms with Crippen molar-refractivity contribution in [1.29, 1.82) is 5.26 Å². The molecular weight excluding hydrogens is 860 g/mol. The minimum absolute atomic E-state index is 0.0343. The van der Waals surface area contributed by atoms with Gasteiger partial charge in [-0.3, -0.25) is 9.36 Å². The Hall–Kier alpha value is -3.72. The molecule has 0 spiro atoms. The molecule has 248 valence electrons. The van der Waals surface area contributed by atoms with Crippen LogP contribution >= 0.6 is 56.5 Å². The summed E-state index contributed by atoms with van der Waals surface area (Å²) in [4.78, 5) is 33.2. The normalized spacial score (nSPS) is 14.2. The lowest BCUT2D eigenvalue weighted by atomic mass is 9.94.